The van der Waals surface area contributed by atoms with Crippen molar-refractivity contribution >= 4 is 23.6 Å². The van der Waals surface area contributed by atoms with Gasteiger partial charge in [-0.25, -0.2) is 13.6 Å². The topological polar surface area (TPSA) is 86.6 Å². The highest BCUT2D eigenvalue weighted by molar-refractivity contribution is 8.00. The molecular weight excluding hydrogens is 292 g/mol. The number of carboxylic acid groups (broad SMARTS) is 1. The molecule has 0 aliphatic heterocycles. The Hall–Kier alpha value is -1.67. The van der Waals surface area contributed by atoms with Crippen LogP contribution in [-0.4, -0.2) is 40.5 Å². The lowest BCUT2D eigenvalue weighted by molar-refractivity contribution is -0.141. The lowest BCUT2D eigenvalue weighted by atomic mass is 10.2. The Morgan fingerprint density at radius 1 is 1.35 bits per heavy atom. The number of carbonyl (C=O) groups excluding carboxylic acids is 1. The third-order valence-corrected chi connectivity index (χ3v) is 3.35. The van der Waals surface area contributed by atoms with Crippen LogP contribution in [0.25, 0.3) is 0 Å². The van der Waals surface area contributed by atoms with E-state index >= 15 is 0 Å². The van der Waals surface area contributed by atoms with Gasteiger partial charge in [-0.1, -0.05) is 0 Å². The quantitative estimate of drug-likeness (QED) is 0.655. The van der Waals surface area contributed by atoms with Gasteiger partial charge >= 0.3 is 5.97 Å². The van der Waals surface area contributed by atoms with Crippen LogP contribution >= 0.6 is 11.8 Å². The average Bonchev–Trinajstić information content (AvgIpc) is 2.37. The van der Waals surface area contributed by atoms with E-state index in [4.69, 9.17) is 10.2 Å². The highest BCUT2D eigenvalue weighted by Crippen LogP contribution is 2.22. The molecule has 8 heteroatoms. The first kappa shape index (κ1) is 16.4. The fraction of sp³-hybridized carbons (Fsp3) is 0.333. The summed E-state index contributed by atoms with van der Waals surface area (Å²) in [6.07, 6.45) is -0.114. The van der Waals surface area contributed by atoms with Crippen molar-refractivity contribution in [2.45, 2.75) is 17.4 Å². The van der Waals surface area contributed by atoms with Crippen LogP contribution in [0.1, 0.15) is 6.42 Å². The Kier molecular flexibility index (Phi) is 6.40. The van der Waals surface area contributed by atoms with Gasteiger partial charge in [0.05, 0.1) is 5.75 Å². The normalized spacial score (nSPS) is 11.9. The third kappa shape index (κ3) is 5.14. The smallest absolute Gasteiger partial charge is 0.326 e. The molecule has 0 aliphatic carbocycles. The number of rotatable bonds is 7. The predicted octanol–water partition coefficient (Wildman–Crippen LogP) is 1.01. The maximum atomic E-state index is 13.3. The SMILES string of the molecule is O=C(CSc1ccc(F)cc1F)N[C@H](CCO)C(=O)O. The summed E-state index contributed by atoms with van der Waals surface area (Å²) in [6.45, 7) is -0.378. The molecule has 1 rings (SSSR count). The van der Waals surface area contributed by atoms with E-state index < -0.39 is 29.6 Å². The van der Waals surface area contributed by atoms with Crippen LogP contribution < -0.4 is 5.32 Å². The molecule has 0 bridgehead atoms. The van der Waals surface area contributed by atoms with Crippen LogP contribution in [-0.2, 0) is 9.59 Å². The zero-order valence-corrected chi connectivity index (χ0v) is 11.1. The molecule has 0 aromatic heterocycles. The number of aliphatic hydroxyl groups excluding tert-OH is 1. The van der Waals surface area contributed by atoms with Gasteiger partial charge in [0.25, 0.3) is 0 Å². The van der Waals surface area contributed by atoms with Gasteiger partial charge < -0.3 is 15.5 Å². The number of carbonyl (C=O) groups is 2. The van der Waals surface area contributed by atoms with Crippen LogP contribution in [0.15, 0.2) is 23.1 Å². The van der Waals surface area contributed by atoms with Crippen molar-refractivity contribution in [3.05, 3.63) is 29.8 Å². The van der Waals surface area contributed by atoms with Crippen molar-refractivity contribution in [2.24, 2.45) is 0 Å². The van der Waals surface area contributed by atoms with E-state index in [2.05, 4.69) is 5.32 Å². The first-order valence-corrected chi connectivity index (χ1v) is 6.63. The van der Waals surface area contributed by atoms with Crippen molar-refractivity contribution in [3.8, 4) is 0 Å². The molecule has 0 unspecified atom stereocenters. The van der Waals surface area contributed by atoms with Gasteiger partial charge in [0, 0.05) is 24.0 Å². The first-order chi connectivity index (χ1) is 9.43. The van der Waals surface area contributed by atoms with Crippen molar-refractivity contribution < 1.29 is 28.6 Å². The van der Waals surface area contributed by atoms with E-state index in [1.807, 2.05) is 0 Å². The van der Waals surface area contributed by atoms with E-state index in [0.29, 0.717) is 6.07 Å². The summed E-state index contributed by atoms with van der Waals surface area (Å²) in [4.78, 5) is 22.4. The molecule has 1 atom stereocenters. The Morgan fingerprint density at radius 3 is 2.60 bits per heavy atom. The Labute approximate surface area is 118 Å². The zero-order valence-electron chi connectivity index (χ0n) is 10.3. The molecule has 0 fully saturated rings. The summed E-state index contributed by atoms with van der Waals surface area (Å²) in [7, 11) is 0. The summed E-state index contributed by atoms with van der Waals surface area (Å²) in [5.74, 6) is -3.58. The molecule has 0 saturated heterocycles. The number of carboxylic acids is 1. The molecule has 110 valence electrons. The maximum Gasteiger partial charge on any atom is 0.326 e. The molecule has 5 nitrogen and oxygen atoms in total. The fourth-order valence-electron chi connectivity index (χ4n) is 1.36. The van der Waals surface area contributed by atoms with Crippen LogP contribution in [0.2, 0.25) is 0 Å². The van der Waals surface area contributed by atoms with Crippen molar-refractivity contribution in [1.82, 2.24) is 5.32 Å². The molecule has 1 aromatic carbocycles. The van der Waals surface area contributed by atoms with Crippen molar-refractivity contribution in [1.29, 1.82) is 0 Å². The molecule has 0 aliphatic rings. The Morgan fingerprint density at radius 2 is 2.05 bits per heavy atom. The Balaban J connectivity index is 2.52. The summed E-state index contributed by atoms with van der Waals surface area (Å²) in [5.41, 5.74) is 0. The summed E-state index contributed by atoms with van der Waals surface area (Å²) in [5, 5.41) is 19.6. The molecule has 0 spiro atoms. The zero-order chi connectivity index (χ0) is 15.1. The van der Waals surface area contributed by atoms with Crippen molar-refractivity contribution in [2.75, 3.05) is 12.4 Å². The van der Waals surface area contributed by atoms with Gasteiger partial charge in [0.1, 0.15) is 17.7 Å². The van der Waals surface area contributed by atoms with E-state index in [1.165, 1.54) is 6.07 Å². The van der Waals surface area contributed by atoms with Gasteiger partial charge in [0.2, 0.25) is 5.91 Å². The minimum atomic E-state index is -1.26. The lowest BCUT2D eigenvalue weighted by Crippen LogP contribution is -2.42. The largest absolute Gasteiger partial charge is 0.480 e. The predicted molar refractivity (Wildman–Crippen MR) is 68.4 cm³/mol. The molecule has 20 heavy (non-hydrogen) atoms. The molecule has 0 saturated carbocycles. The minimum Gasteiger partial charge on any atom is -0.480 e. The number of benzene rings is 1. The van der Waals surface area contributed by atoms with Gasteiger partial charge in [-0.15, -0.1) is 11.8 Å². The number of aliphatic hydroxyl groups is 1. The number of thioether (sulfide) groups is 1. The van der Waals surface area contributed by atoms with E-state index in [-0.39, 0.29) is 23.7 Å². The van der Waals surface area contributed by atoms with Crippen molar-refractivity contribution in [3.63, 3.8) is 0 Å². The van der Waals surface area contributed by atoms with Gasteiger partial charge in [-0.3, -0.25) is 4.79 Å². The Bertz CT molecular complexity index is 498. The second kappa shape index (κ2) is 7.81. The fourth-order valence-corrected chi connectivity index (χ4v) is 2.09. The second-order valence-corrected chi connectivity index (χ2v) is 4.85. The monoisotopic (exact) mass is 305 g/mol. The standard InChI is InChI=1S/C12H13F2NO4S/c13-7-1-2-10(8(14)5-7)20-6-11(17)15-9(3-4-16)12(18)19/h1-2,5,9,16H,3-4,6H2,(H,15,17)(H,18,19)/t9-/m1/s1. The number of hydrogen-bond donors (Lipinski definition) is 3. The molecule has 3 N–H and O–H groups in total. The van der Waals surface area contributed by atoms with E-state index in [1.54, 1.807) is 0 Å². The third-order valence-electron chi connectivity index (χ3n) is 2.30. The number of aliphatic carboxylic acids is 1. The minimum absolute atomic E-state index is 0.0931. The summed E-state index contributed by atoms with van der Waals surface area (Å²) in [6, 6.07) is 1.78. The second-order valence-electron chi connectivity index (χ2n) is 3.83. The molecular formula is C12H13F2NO4S. The highest BCUT2D eigenvalue weighted by atomic mass is 32.2. The first-order valence-electron chi connectivity index (χ1n) is 5.65. The average molecular weight is 305 g/mol. The molecule has 1 amide bonds. The van der Waals surface area contributed by atoms with Gasteiger partial charge in [0.15, 0.2) is 0 Å². The molecule has 1 aromatic rings. The van der Waals surface area contributed by atoms with E-state index in [9.17, 15) is 18.4 Å². The lowest BCUT2D eigenvalue weighted by Gasteiger charge is -2.13. The highest BCUT2D eigenvalue weighted by Gasteiger charge is 2.19. The van der Waals surface area contributed by atoms with Gasteiger partial charge in [-0.2, -0.15) is 0 Å². The summed E-state index contributed by atoms with van der Waals surface area (Å²) < 4.78 is 26.0. The molecule has 0 radical (unpaired) electrons. The van der Waals surface area contributed by atoms with Crippen LogP contribution in [0.5, 0.6) is 0 Å². The van der Waals surface area contributed by atoms with E-state index in [0.717, 1.165) is 17.8 Å². The van der Waals surface area contributed by atoms with Crippen LogP contribution in [0.4, 0.5) is 8.78 Å². The number of nitrogens with one attached hydrogen (secondary N) is 1. The van der Waals surface area contributed by atoms with Crippen LogP contribution in [0, 0.1) is 11.6 Å². The number of hydrogen-bond acceptors (Lipinski definition) is 4. The maximum absolute atomic E-state index is 13.3. The van der Waals surface area contributed by atoms with Gasteiger partial charge in [-0.05, 0) is 12.1 Å². The van der Waals surface area contributed by atoms with Crippen LogP contribution in [0.3, 0.4) is 0 Å². The summed E-state index contributed by atoms with van der Waals surface area (Å²) >= 11 is 0.827. The number of halogens is 2. The number of amides is 1. The molecule has 0 heterocycles.